The van der Waals surface area contributed by atoms with Crippen molar-refractivity contribution in [2.75, 3.05) is 7.11 Å². The van der Waals surface area contributed by atoms with Crippen LogP contribution in [-0.2, 0) is 16.1 Å². The lowest BCUT2D eigenvalue weighted by Crippen LogP contribution is -2.64. The molecule has 1 heterocycles. The van der Waals surface area contributed by atoms with Crippen molar-refractivity contribution in [3.05, 3.63) is 35.4 Å². The van der Waals surface area contributed by atoms with Crippen molar-refractivity contribution in [1.82, 2.24) is 4.90 Å². The standard InChI is InChI=1S/C17H21F2NO6/c1-26-16(24)11-6-17(25)13(5-12(21)14(22)15(17)23)20(11)7-8-4-9(18)2-3-10(8)19/h2-4,11-15,21-23,25H,5-7H2,1H3/t11?,12?,13?,14?,15?,17-/m0/s1. The highest BCUT2D eigenvalue weighted by molar-refractivity contribution is 5.76. The minimum absolute atomic E-state index is 0.0433. The number of esters is 1. The molecule has 0 amide bonds. The van der Waals surface area contributed by atoms with Crippen LogP contribution in [0.2, 0.25) is 0 Å². The van der Waals surface area contributed by atoms with Gasteiger partial charge in [0.05, 0.1) is 13.2 Å². The SMILES string of the molecule is COC(=O)C1C[C@@]2(O)C(O)C(O)C(O)CC2N1Cc1cc(F)ccc1F. The minimum Gasteiger partial charge on any atom is -0.468 e. The minimum atomic E-state index is -1.90. The Kier molecular flexibility index (Phi) is 5.02. The molecule has 1 aromatic carbocycles. The number of aliphatic hydroxyl groups is 4. The highest BCUT2D eigenvalue weighted by atomic mass is 19.1. The monoisotopic (exact) mass is 373 g/mol. The second kappa shape index (κ2) is 6.82. The fraction of sp³-hybridized carbons (Fsp3) is 0.588. The Balaban J connectivity index is 1.99. The summed E-state index contributed by atoms with van der Waals surface area (Å²) in [5.41, 5.74) is -1.94. The van der Waals surface area contributed by atoms with E-state index in [0.29, 0.717) is 0 Å². The molecule has 144 valence electrons. The van der Waals surface area contributed by atoms with Crippen LogP contribution in [-0.4, -0.2) is 74.4 Å². The van der Waals surface area contributed by atoms with Gasteiger partial charge in [-0.05, 0) is 24.6 Å². The van der Waals surface area contributed by atoms with Gasteiger partial charge in [-0.25, -0.2) is 8.78 Å². The summed E-state index contributed by atoms with van der Waals surface area (Å²) in [5.74, 6) is -2.08. The fourth-order valence-electron chi connectivity index (χ4n) is 4.04. The Morgan fingerprint density at radius 3 is 2.69 bits per heavy atom. The van der Waals surface area contributed by atoms with E-state index in [4.69, 9.17) is 4.74 Å². The van der Waals surface area contributed by atoms with Gasteiger partial charge in [0.15, 0.2) is 0 Å². The van der Waals surface area contributed by atoms with Crippen molar-refractivity contribution in [3.63, 3.8) is 0 Å². The van der Waals surface area contributed by atoms with Crippen LogP contribution >= 0.6 is 0 Å². The highest BCUT2D eigenvalue weighted by Crippen LogP contribution is 2.44. The lowest BCUT2D eigenvalue weighted by Gasteiger charge is -2.45. The Labute approximate surface area is 148 Å². The smallest absolute Gasteiger partial charge is 0.323 e. The maximum Gasteiger partial charge on any atom is 0.323 e. The molecule has 4 N–H and O–H groups in total. The van der Waals surface area contributed by atoms with E-state index in [1.807, 2.05) is 0 Å². The number of carbonyl (C=O) groups is 1. The molecule has 26 heavy (non-hydrogen) atoms. The second-order valence-corrected chi connectivity index (χ2v) is 6.90. The highest BCUT2D eigenvalue weighted by Gasteiger charge is 2.62. The third-order valence-electron chi connectivity index (χ3n) is 5.43. The van der Waals surface area contributed by atoms with Crippen LogP contribution in [0, 0.1) is 11.6 Å². The molecule has 5 unspecified atom stereocenters. The summed E-state index contributed by atoms with van der Waals surface area (Å²) in [6, 6.07) is 0.883. The van der Waals surface area contributed by atoms with Crippen LogP contribution in [0.3, 0.4) is 0 Å². The molecule has 0 radical (unpaired) electrons. The van der Waals surface area contributed by atoms with Crippen LogP contribution in [0.4, 0.5) is 8.78 Å². The van der Waals surface area contributed by atoms with Crippen LogP contribution in [0.1, 0.15) is 18.4 Å². The summed E-state index contributed by atoms with van der Waals surface area (Å²) in [6.07, 6.45) is -5.05. The van der Waals surface area contributed by atoms with E-state index in [2.05, 4.69) is 0 Å². The van der Waals surface area contributed by atoms with Crippen molar-refractivity contribution >= 4 is 5.97 Å². The topological polar surface area (TPSA) is 110 Å². The summed E-state index contributed by atoms with van der Waals surface area (Å²) in [4.78, 5) is 13.5. The van der Waals surface area contributed by atoms with E-state index in [1.54, 1.807) is 0 Å². The van der Waals surface area contributed by atoms with E-state index in [0.717, 1.165) is 25.3 Å². The Morgan fingerprint density at radius 2 is 2.04 bits per heavy atom. The molecule has 2 fully saturated rings. The maximum absolute atomic E-state index is 14.1. The van der Waals surface area contributed by atoms with Crippen LogP contribution < -0.4 is 0 Å². The molecule has 1 aromatic rings. The van der Waals surface area contributed by atoms with Gasteiger partial charge < -0.3 is 25.2 Å². The summed E-state index contributed by atoms with van der Waals surface area (Å²) < 4.78 is 32.3. The number of halogens is 2. The molecule has 6 atom stereocenters. The van der Waals surface area contributed by atoms with Gasteiger partial charge >= 0.3 is 5.97 Å². The molecule has 0 spiro atoms. The summed E-state index contributed by atoms with van der Waals surface area (Å²) in [5, 5.41) is 41.0. The number of aliphatic hydroxyl groups excluding tert-OH is 3. The lowest BCUT2D eigenvalue weighted by molar-refractivity contribution is -0.197. The Morgan fingerprint density at radius 1 is 1.35 bits per heavy atom. The molecule has 0 bridgehead atoms. The van der Waals surface area contributed by atoms with Gasteiger partial charge in [0.1, 0.15) is 35.5 Å². The molecule has 1 aliphatic heterocycles. The molecule has 3 rings (SSSR count). The van der Waals surface area contributed by atoms with Gasteiger partial charge in [0, 0.05) is 24.6 Å². The zero-order valence-corrected chi connectivity index (χ0v) is 14.0. The normalized spacial score (nSPS) is 37.4. The number of hydrogen-bond acceptors (Lipinski definition) is 7. The number of benzene rings is 1. The molecule has 9 heteroatoms. The van der Waals surface area contributed by atoms with Gasteiger partial charge in [0.2, 0.25) is 0 Å². The summed E-state index contributed by atoms with van der Waals surface area (Å²) >= 11 is 0. The van der Waals surface area contributed by atoms with E-state index in [9.17, 15) is 34.0 Å². The van der Waals surface area contributed by atoms with Crippen molar-refractivity contribution in [2.24, 2.45) is 0 Å². The number of nitrogens with zero attached hydrogens (tertiary/aromatic N) is 1. The predicted molar refractivity (Wildman–Crippen MR) is 83.7 cm³/mol. The van der Waals surface area contributed by atoms with Crippen molar-refractivity contribution in [2.45, 2.75) is 55.4 Å². The first-order chi connectivity index (χ1) is 12.2. The van der Waals surface area contributed by atoms with E-state index in [-0.39, 0.29) is 24.9 Å². The van der Waals surface area contributed by atoms with Gasteiger partial charge in [-0.1, -0.05) is 0 Å². The zero-order chi connectivity index (χ0) is 19.2. The first-order valence-corrected chi connectivity index (χ1v) is 8.23. The van der Waals surface area contributed by atoms with E-state index in [1.165, 1.54) is 4.90 Å². The average Bonchev–Trinajstić information content (AvgIpc) is 2.89. The van der Waals surface area contributed by atoms with Crippen LogP contribution in [0.25, 0.3) is 0 Å². The molecule has 0 aromatic heterocycles. The Bertz CT molecular complexity index is 704. The molecule has 1 aliphatic carbocycles. The van der Waals surface area contributed by atoms with Gasteiger partial charge in [-0.15, -0.1) is 0 Å². The van der Waals surface area contributed by atoms with Gasteiger partial charge in [-0.2, -0.15) is 0 Å². The third-order valence-corrected chi connectivity index (χ3v) is 5.43. The third kappa shape index (κ3) is 2.99. The number of methoxy groups -OCH3 is 1. The first-order valence-electron chi connectivity index (χ1n) is 8.23. The van der Waals surface area contributed by atoms with Crippen molar-refractivity contribution < 1.29 is 38.7 Å². The second-order valence-electron chi connectivity index (χ2n) is 6.90. The number of likely N-dealkylation sites (tertiary alicyclic amines) is 1. The summed E-state index contributed by atoms with van der Waals surface area (Å²) in [6.45, 7) is -0.244. The number of rotatable bonds is 3. The fourth-order valence-corrected chi connectivity index (χ4v) is 4.04. The molecule has 1 saturated heterocycles. The average molecular weight is 373 g/mol. The number of carbonyl (C=O) groups excluding carboxylic acids is 1. The van der Waals surface area contributed by atoms with Crippen molar-refractivity contribution in [1.29, 1.82) is 0 Å². The number of ether oxygens (including phenoxy) is 1. The molecular formula is C17H21F2NO6. The Hall–Kier alpha value is -1.65. The summed E-state index contributed by atoms with van der Waals surface area (Å²) in [7, 11) is 1.15. The van der Waals surface area contributed by atoms with E-state index >= 15 is 0 Å². The molecule has 7 nitrogen and oxygen atoms in total. The number of hydrogen-bond donors (Lipinski definition) is 4. The predicted octanol–water partition coefficient (Wildman–Crippen LogP) is -0.702. The largest absolute Gasteiger partial charge is 0.468 e. The van der Waals surface area contributed by atoms with Gasteiger partial charge in [0.25, 0.3) is 0 Å². The van der Waals surface area contributed by atoms with Crippen LogP contribution in [0.5, 0.6) is 0 Å². The molecular weight excluding hydrogens is 352 g/mol. The van der Waals surface area contributed by atoms with Crippen molar-refractivity contribution in [3.8, 4) is 0 Å². The molecule has 2 aliphatic rings. The maximum atomic E-state index is 14.1. The number of fused-ring (bicyclic) bond motifs is 1. The first kappa shape index (κ1) is 19.1. The van der Waals surface area contributed by atoms with Crippen LogP contribution in [0.15, 0.2) is 18.2 Å². The lowest BCUT2D eigenvalue weighted by atomic mass is 9.75. The van der Waals surface area contributed by atoms with E-state index < -0.39 is 53.6 Å². The molecule has 1 saturated carbocycles. The quantitative estimate of drug-likeness (QED) is 0.519. The zero-order valence-electron chi connectivity index (χ0n) is 14.0. The van der Waals surface area contributed by atoms with Gasteiger partial charge in [-0.3, -0.25) is 9.69 Å².